The van der Waals surface area contributed by atoms with Crippen LogP contribution in [0.4, 0.5) is 21.6 Å². The molecule has 0 bridgehead atoms. The van der Waals surface area contributed by atoms with Crippen LogP contribution >= 0.6 is 27.7 Å². The highest BCUT2D eigenvalue weighted by Crippen LogP contribution is 2.31. The van der Waals surface area contributed by atoms with Crippen molar-refractivity contribution in [2.75, 3.05) is 42.7 Å². The highest BCUT2D eigenvalue weighted by molar-refractivity contribution is 9.10. The predicted molar refractivity (Wildman–Crippen MR) is 296 cm³/mol. The number of rotatable bonds is 12. The van der Waals surface area contributed by atoms with Gasteiger partial charge >= 0.3 is 11.6 Å². The molecule has 72 heavy (non-hydrogen) atoms. The molecule has 0 saturated carbocycles. The molecule has 0 radical (unpaired) electrons. The monoisotopic (exact) mass is 1060 g/mol. The average Bonchev–Trinajstić information content (AvgIpc) is 4.00. The molecule has 2 aromatic heterocycles. The van der Waals surface area contributed by atoms with Gasteiger partial charge < -0.3 is 31.2 Å². The largest absolute Gasteiger partial charge is 0.557 e. The molecule has 15 nitrogen and oxygen atoms in total. The fraction of sp³-hybridized carbons (Fsp3) is 0.407. The van der Waals surface area contributed by atoms with Crippen molar-refractivity contribution >= 4 is 61.5 Å². The molecular weight excluding hydrogens is 994 g/mol. The summed E-state index contributed by atoms with van der Waals surface area (Å²) < 4.78 is 24.7. The van der Waals surface area contributed by atoms with Gasteiger partial charge in [0.05, 0.1) is 47.9 Å². The van der Waals surface area contributed by atoms with Crippen LogP contribution in [0.5, 0.6) is 5.75 Å². The maximum atomic E-state index is 13.1. The summed E-state index contributed by atoms with van der Waals surface area (Å²) in [5, 5.41) is 12.4. The zero-order chi connectivity index (χ0) is 53.3. The summed E-state index contributed by atoms with van der Waals surface area (Å²) in [6.07, 6.45) is 6.94. The summed E-state index contributed by atoms with van der Waals surface area (Å²) in [6, 6.07) is 17.1. The third-order valence-corrected chi connectivity index (χ3v) is 12.3. The number of halogens is 2. The standard InChI is InChI=1S/C16H18N4O.C12H17N3S.C10H11BrN2.C9H13FN2.C7H8N2O/c1-9(2)21-13-5-4-11(6-10(13)3)15-14-12(7-18-15)19-8-20-16(14)17;1-4-10-16-12(11(13-2)14-3)15-8-6-5-7-9-15;1-6(2)10-8-4-3-7(11)5-9(8)12-13-10;1-6(2)12-9-4-3-7(11)5-8(9)10;1-5-6(10-4)7(8-2)9-3/h4-6,8-9H,7H2,1-3H3,(H2,17,19,20);4-10H2,1H3;3-6H,1-2H3,(H,12,13);3-6,12H,11H2,1-2H3;5H2,1,4H3. The van der Waals surface area contributed by atoms with Gasteiger partial charge in [0.2, 0.25) is 0 Å². The number of hydrogen-bond donors (Lipinski definition) is 4. The number of ether oxygens (including phenoxy) is 2. The number of nitrogen functional groups attached to an aromatic ring is 2. The SMILES string of the molecule is CC(C)Nc1ccc(N)cc1F.CC(C)c1[nH]nc2cc(Br)ccc12.Cc1cc(C2=NCc3ncnc(N)c32)ccc1OC(C)C.[C-]#[N+]C([N+]#[C-])=C(CC)OC.[C-]#[N+]C([N+]#[C-])=C(SCCC)N1CCCCC1. The molecular formula is C54H67BrFN13O2S. The van der Waals surface area contributed by atoms with Crippen molar-refractivity contribution in [2.45, 2.75) is 119 Å². The number of aliphatic imine (C=N–C) groups is 1. The molecule has 2 aliphatic rings. The Morgan fingerprint density at radius 3 is 2.12 bits per heavy atom. The number of nitrogens with one attached hydrogen (secondary N) is 2. The average molecular weight is 1060 g/mol. The van der Waals surface area contributed by atoms with Gasteiger partial charge in [-0.05, 0) is 132 Å². The molecule has 1 saturated heterocycles. The summed E-state index contributed by atoms with van der Waals surface area (Å²) in [5.41, 5.74) is 19.2. The highest BCUT2D eigenvalue weighted by atomic mass is 79.9. The molecule has 380 valence electrons. The lowest BCUT2D eigenvalue weighted by Crippen LogP contribution is -2.28. The number of fused-ring (bicyclic) bond motifs is 2. The van der Waals surface area contributed by atoms with Crippen molar-refractivity contribution in [1.82, 2.24) is 25.1 Å². The lowest BCUT2D eigenvalue weighted by Gasteiger charge is -2.29. The number of aryl methyl sites for hydroxylation is 1. The van der Waals surface area contributed by atoms with Gasteiger partial charge in [-0.15, -0.1) is 11.8 Å². The lowest BCUT2D eigenvalue weighted by molar-refractivity contribution is 0.241. The number of likely N-dealkylation sites (tertiary alicyclic amines) is 1. The molecule has 3 aromatic carbocycles. The Bertz CT molecular complexity index is 2800. The van der Waals surface area contributed by atoms with Gasteiger partial charge in [-0.25, -0.2) is 14.4 Å². The number of aromatic nitrogens is 4. The number of anilines is 3. The number of H-pyrrole nitrogens is 1. The van der Waals surface area contributed by atoms with Crippen LogP contribution in [0.15, 0.2) is 92.8 Å². The van der Waals surface area contributed by atoms with Gasteiger partial charge in [0.1, 0.15) is 50.0 Å². The fourth-order valence-corrected chi connectivity index (χ4v) is 8.46. The van der Waals surface area contributed by atoms with Crippen LogP contribution in [0.3, 0.4) is 0 Å². The molecule has 5 aromatic rings. The van der Waals surface area contributed by atoms with Gasteiger partial charge in [-0.3, -0.25) is 10.1 Å². The fourth-order valence-electron chi connectivity index (χ4n) is 7.13. The van der Waals surface area contributed by atoms with Gasteiger partial charge in [0.15, 0.2) is 10.8 Å². The first-order valence-electron chi connectivity index (χ1n) is 23.7. The molecule has 0 amide bonds. The quantitative estimate of drug-likeness (QED) is 0.0536. The first-order chi connectivity index (χ1) is 34.5. The van der Waals surface area contributed by atoms with Gasteiger partial charge in [0, 0.05) is 52.4 Å². The van der Waals surface area contributed by atoms with Crippen molar-refractivity contribution < 1.29 is 13.9 Å². The Kier molecular flexibility index (Phi) is 25.1. The van der Waals surface area contributed by atoms with E-state index in [1.165, 1.54) is 49.8 Å². The number of thioether (sulfide) groups is 1. The molecule has 6 N–H and O–H groups in total. The van der Waals surface area contributed by atoms with Gasteiger partial charge in [0.25, 0.3) is 0 Å². The van der Waals surface area contributed by atoms with Gasteiger partial charge in [-0.2, -0.15) is 24.5 Å². The molecule has 7 rings (SSSR count). The number of methoxy groups -OCH3 is 1. The number of nitrogens with zero attached hydrogens (tertiary/aromatic N) is 9. The Morgan fingerprint density at radius 1 is 0.903 bits per heavy atom. The van der Waals surface area contributed by atoms with E-state index in [4.69, 9.17) is 47.2 Å². The summed E-state index contributed by atoms with van der Waals surface area (Å²) >= 11 is 5.09. The number of benzene rings is 3. The van der Waals surface area contributed by atoms with Crippen LogP contribution in [0.1, 0.15) is 121 Å². The minimum Gasteiger partial charge on any atom is -0.504 e. The summed E-state index contributed by atoms with van der Waals surface area (Å²) in [6.45, 7) is 48.1. The Balaban J connectivity index is 0.000000244. The van der Waals surface area contributed by atoms with E-state index >= 15 is 0 Å². The molecule has 4 heterocycles. The number of hydrogen-bond acceptors (Lipinski definition) is 11. The highest BCUT2D eigenvalue weighted by Gasteiger charge is 2.24. The topological polar surface area (TPSA) is 170 Å². The van der Waals surface area contributed by atoms with E-state index in [0.717, 1.165) is 74.1 Å². The first kappa shape index (κ1) is 59.2. The lowest BCUT2D eigenvalue weighted by atomic mass is 10.0. The minimum atomic E-state index is -0.302. The summed E-state index contributed by atoms with van der Waals surface area (Å²) in [7, 11) is 1.47. The third-order valence-electron chi connectivity index (χ3n) is 10.5. The molecule has 18 heteroatoms. The molecule has 0 atom stereocenters. The first-order valence-corrected chi connectivity index (χ1v) is 25.5. The van der Waals surface area contributed by atoms with E-state index in [2.05, 4.69) is 104 Å². The maximum Gasteiger partial charge on any atom is 0.557 e. The molecule has 0 aliphatic carbocycles. The number of allylic oxidation sites excluding steroid dienone is 1. The smallest absolute Gasteiger partial charge is 0.504 e. The molecule has 2 aliphatic heterocycles. The third kappa shape index (κ3) is 17.9. The van der Waals surface area contributed by atoms with E-state index in [0.29, 0.717) is 41.8 Å². The normalized spacial score (nSPS) is 12.0. The van der Waals surface area contributed by atoms with Crippen LogP contribution in [0, 0.1) is 39.0 Å². The van der Waals surface area contributed by atoms with Crippen molar-refractivity contribution in [3.63, 3.8) is 0 Å². The van der Waals surface area contributed by atoms with E-state index in [1.807, 2.05) is 65.8 Å². The number of piperidine rings is 1. The Morgan fingerprint density at radius 2 is 1.58 bits per heavy atom. The van der Waals surface area contributed by atoms with Crippen molar-refractivity contribution in [3.05, 3.63) is 167 Å². The Hall–Kier alpha value is -7.12. The van der Waals surface area contributed by atoms with E-state index in [9.17, 15) is 4.39 Å². The van der Waals surface area contributed by atoms with Crippen molar-refractivity contribution in [1.29, 1.82) is 0 Å². The summed E-state index contributed by atoms with van der Waals surface area (Å²) in [5.74, 6) is 3.30. The second kappa shape index (κ2) is 30.6. The zero-order valence-corrected chi connectivity index (χ0v) is 45.4. The number of nitrogens with two attached hydrogens (primary N) is 2. The van der Waals surface area contributed by atoms with Crippen LogP contribution < -0.4 is 21.5 Å². The van der Waals surface area contributed by atoms with Crippen molar-refractivity contribution in [3.8, 4) is 5.75 Å². The summed E-state index contributed by atoms with van der Waals surface area (Å²) in [4.78, 5) is 27.8. The van der Waals surface area contributed by atoms with E-state index < -0.39 is 0 Å². The molecule has 0 spiro atoms. The molecule has 1 fully saturated rings. The molecule has 0 unspecified atom stereocenters. The zero-order valence-electron chi connectivity index (χ0n) is 43.0. The maximum absolute atomic E-state index is 13.1. The predicted octanol–water partition coefficient (Wildman–Crippen LogP) is 13.8. The van der Waals surface area contributed by atoms with Gasteiger partial charge in [-0.1, -0.05) is 43.6 Å². The van der Waals surface area contributed by atoms with E-state index in [-0.39, 0.29) is 29.6 Å². The van der Waals surface area contributed by atoms with Crippen LogP contribution in [-0.2, 0) is 11.3 Å². The van der Waals surface area contributed by atoms with Crippen LogP contribution in [0.2, 0.25) is 0 Å². The van der Waals surface area contributed by atoms with E-state index in [1.54, 1.807) is 23.9 Å². The second-order valence-electron chi connectivity index (χ2n) is 17.2. The second-order valence-corrected chi connectivity index (χ2v) is 19.2. The Labute approximate surface area is 438 Å². The number of aromatic amines is 1. The van der Waals surface area contributed by atoms with Crippen molar-refractivity contribution in [2.24, 2.45) is 4.99 Å². The van der Waals surface area contributed by atoms with Crippen LogP contribution in [-0.4, -0.2) is 68.9 Å². The van der Waals surface area contributed by atoms with Crippen LogP contribution in [0.25, 0.3) is 30.3 Å². The minimum absolute atomic E-state index is 0.0324.